The van der Waals surface area contributed by atoms with Gasteiger partial charge in [-0.2, -0.15) is 0 Å². The molecule has 230 valence electrons. The highest BCUT2D eigenvalue weighted by atomic mass is 16.6. The van der Waals surface area contributed by atoms with E-state index in [-0.39, 0.29) is 30.1 Å². The Morgan fingerprint density at radius 1 is 1.02 bits per heavy atom. The third kappa shape index (κ3) is 8.95. The molecule has 0 unspecified atom stereocenters. The third-order valence-corrected chi connectivity index (χ3v) is 8.03. The normalized spacial score (nSPS) is 21.1. The first kappa shape index (κ1) is 31.8. The van der Waals surface area contributed by atoms with Crippen molar-refractivity contribution in [3.63, 3.8) is 0 Å². The summed E-state index contributed by atoms with van der Waals surface area (Å²) >= 11 is 0. The number of hydrogen-bond donors (Lipinski definition) is 0. The van der Waals surface area contributed by atoms with Crippen LogP contribution < -0.4 is 4.74 Å². The summed E-state index contributed by atoms with van der Waals surface area (Å²) in [6.45, 7) is 12.9. The van der Waals surface area contributed by atoms with Crippen LogP contribution in [-0.2, 0) is 32.2 Å². The minimum atomic E-state index is -0.588. The van der Waals surface area contributed by atoms with Crippen LogP contribution in [0.5, 0.6) is 5.75 Å². The van der Waals surface area contributed by atoms with Gasteiger partial charge in [0.15, 0.2) is 0 Å². The first-order chi connectivity index (χ1) is 20.0. The predicted octanol–water partition coefficient (Wildman–Crippen LogP) is 6.05. The quantitative estimate of drug-likeness (QED) is 0.359. The van der Waals surface area contributed by atoms with Gasteiger partial charge in [-0.1, -0.05) is 42.0 Å². The lowest BCUT2D eigenvalue weighted by Gasteiger charge is -2.40. The zero-order chi connectivity index (χ0) is 30.3. The topological polar surface area (TPSA) is 77.5 Å². The Hall–Kier alpha value is -3.10. The molecule has 8 nitrogen and oxygen atoms in total. The van der Waals surface area contributed by atoms with E-state index >= 15 is 0 Å². The highest BCUT2D eigenvalue weighted by Gasteiger charge is 2.36. The fourth-order valence-electron chi connectivity index (χ4n) is 5.92. The number of methoxy groups -OCH3 is 1. The Kier molecular flexibility index (Phi) is 10.9. The number of carbonyl (C=O) groups is 2. The SMILES string of the molecule is COc1ccc(CN(C(=O)OC(C)(C)C)C2CCC(C(=O)N3CCO[C@@H](COCc4cccc(C)c4)C3)CC2)cc1C. The molecule has 2 fully saturated rings. The number of morpholine rings is 1. The number of hydrogen-bond acceptors (Lipinski definition) is 6. The van der Waals surface area contributed by atoms with E-state index in [1.165, 1.54) is 5.56 Å². The summed E-state index contributed by atoms with van der Waals surface area (Å²) in [7, 11) is 1.66. The van der Waals surface area contributed by atoms with E-state index in [1.54, 1.807) is 7.11 Å². The largest absolute Gasteiger partial charge is 0.496 e. The second-order valence-corrected chi connectivity index (χ2v) is 12.7. The Bertz CT molecular complexity index is 1200. The highest BCUT2D eigenvalue weighted by molar-refractivity contribution is 5.79. The Morgan fingerprint density at radius 3 is 2.45 bits per heavy atom. The molecule has 0 bridgehead atoms. The van der Waals surface area contributed by atoms with Crippen LogP contribution in [0.1, 0.15) is 68.7 Å². The summed E-state index contributed by atoms with van der Waals surface area (Å²) in [6, 6.07) is 14.3. The number of rotatable bonds is 9. The Balaban J connectivity index is 1.32. The van der Waals surface area contributed by atoms with Gasteiger partial charge in [-0.25, -0.2) is 4.79 Å². The fraction of sp³-hybridized carbons (Fsp3) is 0.588. The molecule has 1 heterocycles. The second kappa shape index (κ2) is 14.4. The lowest BCUT2D eigenvalue weighted by atomic mass is 9.84. The Labute approximate surface area is 251 Å². The number of ether oxygens (including phenoxy) is 4. The van der Waals surface area contributed by atoms with Crippen molar-refractivity contribution >= 4 is 12.0 Å². The summed E-state index contributed by atoms with van der Waals surface area (Å²) in [5.74, 6) is 0.969. The minimum absolute atomic E-state index is 0.0127. The van der Waals surface area contributed by atoms with Gasteiger partial charge in [0.1, 0.15) is 11.4 Å². The van der Waals surface area contributed by atoms with Gasteiger partial charge in [-0.05, 0) is 83.1 Å². The number of nitrogens with zero attached hydrogens (tertiary/aromatic N) is 2. The maximum absolute atomic E-state index is 13.5. The highest BCUT2D eigenvalue weighted by Crippen LogP contribution is 2.32. The molecule has 2 aliphatic rings. The van der Waals surface area contributed by atoms with Crippen LogP contribution in [0.25, 0.3) is 0 Å². The van der Waals surface area contributed by atoms with Crippen LogP contribution in [0.15, 0.2) is 42.5 Å². The molecular formula is C34H48N2O6. The molecule has 1 saturated heterocycles. The maximum Gasteiger partial charge on any atom is 0.410 e. The van der Waals surface area contributed by atoms with Crippen molar-refractivity contribution in [3.05, 3.63) is 64.7 Å². The lowest BCUT2D eigenvalue weighted by Crippen LogP contribution is -2.50. The van der Waals surface area contributed by atoms with Crippen molar-refractivity contribution < 1.29 is 28.5 Å². The molecule has 0 spiro atoms. The van der Waals surface area contributed by atoms with Crippen LogP contribution in [-0.4, -0.2) is 73.0 Å². The number of amides is 2. The van der Waals surface area contributed by atoms with Crippen molar-refractivity contribution in [3.8, 4) is 5.75 Å². The fourth-order valence-corrected chi connectivity index (χ4v) is 5.92. The predicted molar refractivity (Wildman–Crippen MR) is 162 cm³/mol. The number of benzene rings is 2. The standard InChI is InChI=1S/C34H48N2O6/c1-24-8-7-9-27(18-24)22-40-23-30-21-35(16-17-41-30)32(37)28-11-13-29(14-12-28)36(33(38)42-34(3,4)5)20-26-10-15-31(39-6)25(2)19-26/h7-10,15,18-19,28-30H,11-14,16-17,20-23H2,1-6H3/t28?,29?,30-/m1/s1. The van der Waals surface area contributed by atoms with Crippen molar-refractivity contribution in [2.24, 2.45) is 5.92 Å². The van der Waals surface area contributed by atoms with Gasteiger partial charge >= 0.3 is 6.09 Å². The zero-order valence-electron chi connectivity index (χ0n) is 26.2. The number of aryl methyl sites for hydroxylation is 2. The molecule has 2 aromatic rings. The van der Waals surface area contributed by atoms with E-state index in [2.05, 4.69) is 31.2 Å². The van der Waals surface area contributed by atoms with E-state index in [1.807, 2.05) is 55.7 Å². The molecule has 0 radical (unpaired) electrons. The summed E-state index contributed by atoms with van der Waals surface area (Å²) in [5, 5.41) is 0. The monoisotopic (exact) mass is 580 g/mol. The molecule has 1 aliphatic carbocycles. The molecule has 42 heavy (non-hydrogen) atoms. The summed E-state index contributed by atoms with van der Waals surface area (Å²) < 4.78 is 23.1. The van der Waals surface area contributed by atoms with Crippen molar-refractivity contribution in [1.29, 1.82) is 0 Å². The number of carbonyl (C=O) groups excluding carboxylic acids is 2. The first-order valence-electron chi connectivity index (χ1n) is 15.2. The molecule has 0 N–H and O–H groups in total. The minimum Gasteiger partial charge on any atom is -0.496 e. The van der Waals surface area contributed by atoms with Gasteiger partial charge in [0.25, 0.3) is 0 Å². The van der Waals surface area contributed by atoms with E-state index in [4.69, 9.17) is 18.9 Å². The van der Waals surface area contributed by atoms with E-state index in [0.717, 1.165) is 48.1 Å². The average Bonchev–Trinajstić information content (AvgIpc) is 2.95. The molecule has 4 rings (SSSR count). The molecule has 1 saturated carbocycles. The summed E-state index contributed by atoms with van der Waals surface area (Å²) in [4.78, 5) is 30.7. The molecular weight excluding hydrogens is 532 g/mol. The average molecular weight is 581 g/mol. The first-order valence-corrected chi connectivity index (χ1v) is 15.2. The van der Waals surface area contributed by atoms with Gasteiger partial charge < -0.3 is 28.7 Å². The van der Waals surface area contributed by atoms with Gasteiger partial charge in [0.2, 0.25) is 5.91 Å². The van der Waals surface area contributed by atoms with Crippen LogP contribution in [0.2, 0.25) is 0 Å². The van der Waals surface area contributed by atoms with Crippen molar-refractivity contribution in [1.82, 2.24) is 9.80 Å². The maximum atomic E-state index is 13.5. The molecule has 0 aromatic heterocycles. The lowest BCUT2D eigenvalue weighted by molar-refractivity contribution is -0.147. The second-order valence-electron chi connectivity index (χ2n) is 12.7. The summed E-state index contributed by atoms with van der Waals surface area (Å²) in [6.07, 6.45) is 2.58. The van der Waals surface area contributed by atoms with Gasteiger partial charge in [0, 0.05) is 31.6 Å². The Morgan fingerprint density at radius 2 is 1.79 bits per heavy atom. The van der Waals surface area contributed by atoms with Gasteiger partial charge in [0.05, 0.1) is 33.0 Å². The molecule has 1 aliphatic heterocycles. The van der Waals surface area contributed by atoms with Gasteiger partial charge in [-0.15, -0.1) is 0 Å². The van der Waals surface area contributed by atoms with E-state index < -0.39 is 5.60 Å². The molecule has 2 aromatic carbocycles. The van der Waals surface area contributed by atoms with Gasteiger partial charge in [-0.3, -0.25) is 4.79 Å². The van der Waals surface area contributed by atoms with Crippen LogP contribution in [0, 0.1) is 19.8 Å². The smallest absolute Gasteiger partial charge is 0.410 e. The molecule has 1 atom stereocenters. The van der Waals surface area contributed by atoms with Crippen molar-refractivity contribution in [2.45, 2.75) is 91.2 Å². The molecule has 8 heteroatoms. The zero-order valence-corrected chi connectivity index (χ0v) is 26.2. The van der Waals surface area contributed by atoms with Crippen molar-refractivity contribution in [2.75, 3.05) is 33.4 Å². The summed E-state index contributed by atoms with van der Waals surface area (Å²) in [5.41, 5.74) is 3.81. The van der Waals surface area contributed by atoms with E-state index in [9.17, 15) is 9.59 Å². The molecule has 2 amide bonds. The van der Waals surface area contributed by atoms with Crippen LogP contribution in [0.4, 0.5) is 4.79 Å². The van der Waals surface area contributed by atoms with E-state index in [0.29, 0.717) is 39.5 Å². The third-order valence-electron chi connectivity index (χ3n) is 8.03. The van der Waals surface area contributed by atoms with Crippen LogP contribution in [0.3, 0.4) is 0 Å². The van der Waals surface area contributed by atoms with Crippen LogP contribution >= 0.6 is 0 Å².